The summed E-state index contributed by atoms with van der Waals surface area (Å²) in [6.45, 7) is 3.47. The largest absolute Gasteiger partial charge is 0.506 e. The minimum absolute atomic E-state index is 0.130. The number of unbranched alkanes of at least 4 members (excludes halogenated alkanes) is 19. The number of hydrogen-bond donors (Lipinski definition) is 1. The molecule has 0 bridgehead atoms. The Morgan fingerprint density at radius 1 is 0.533 bits per heavy atom. The molecule has 1 N–H and O–H groups in total. The summed E-state index contributed by atoms with van der Waals surface area (Å²) in [5.74, 6) is 0. The molecule has 0 aromatic carbocycles. The maximum Gasteiger partial charge on any atom is 0.506 e. The van der Waals surface area contributed by atoms with Crippen LogP contribution in [0.2, 0.25) is 0 Å². The van der Waals surface area contributed by atoms with Crippen LogP contribution >= 0.6 is 0 Å². The van der Waals surface area contributed by atoms with E-state index in [2.05, 4.69) is 74.5 Å². The van der Waals surface area contributed by atoms with E-state index in [-0.39, 0.29) is 6.10 Å². The number of hydrogen-bond acceptors (Lipinski definition) is 3. The maximum atomic E-state index is 11.1. The highest BCUT2D eigenvalue weighted by Crippen LogP contribution is 2.17. The van der Waals surface area contributed by atoms with Crippen LogP contribution in [-0.4, -0.2) is 42.9 Å². The monoisotopic (exact) mass is 630 g/mol. The molecule has 45 heavy (non-hydrogen) atoms. The molecule has 0 aromatic rings. The van der Waals surface area contributed by atoms with E-state index in [9.17, 15) is 4.79 Å². The molecule has 1 unspecified atom stereocenters. The Morgan fingerprint density at radius 3 is 1.27 bits per heavy atom. The Balaban J connectivity index is 3.62. The summed E-state index contributed by atoms with van der Waals surface area (Å²) in [4.78, 5) is 13.4. The topological polar surface area (TPSA) is 49.8 Å². The fourth-order valence-electron chi connectivity index (χ4n) is 5.66. The Labute approximate surface area is 280 Å². The summed E-state index contributed by atoms with van der Waals surface area (Å²) in [6, 6.07) is 0. The lowest BCUT2D eigenvalue weighted by atomic mass is 10.0. The smallest absolute Gasteiger partial charge is 0.450 e. The SMILES string of the molecule is CCCCCC=CCC=CCCCCCCCC(CCCCCCCC=CCC=CCCCCCCCCN(C)C)OC(=O)O. The Hall–Kier alpha value is -1.81. The van der Waals surface area contributed by atoms with Gasteiger partial charge in [-0.25, -0.2) is 4.79 Å². The minimum Gasteiger partial charge on any atom is -0.450 e. The first-order chi connectivity index (χ1) is 22.1. The van der Waals surface area contributed by atoms with Gasteiger partial charge in [0, 0.05) is 0 Å². The molecular weight excluding hydrogens is 554 g/mol. The molecule has 0 aliphatic carbocycles. The van der Waals surface area contributed by atoms with E-state index in [0.29, 0.717) is 0 Å². The van der Waals surface area contributed by atoms with Crippen LogP contribution in [0, 0.1) is 0 Å². The lowest BCUT2D eigenvalue weighted by Gasteiger charge is -2.15. The molecule has 1 atom stereocenters. The van der Waals surface area contributed by atoms with Gasteiger partial charge in [0.15, 0.2) is 0 Å². The van der Waals surface area contributed by atoms with Crippen molar-refractivity contribution in [1.82, 2.24) is 4.90 Å². The van der Waals surface area contributed by atoms with Crippen molar-refractivity contribution in [2.24, 2.45) is 0 Å². The maximum absolute atomic E-state index is 11.1. The third kappa shape index (κ3) is 38.3. The molecule has 0 radical (unpaired) electrons. The summed E-state index contributed by atoms with van der Waals surface area (Å²) in [5.41, 5.74) is 0. The Morgan fingerprint density at radius 2 is 0.889 bits per heavy atom. The molecule has 0 heterocycles. The van der Waals surface area contributed by atoms with Crippen LogP contribution in [0.4, 0.5) is 4.79 Å². The lowest BCUT2D eigenvalue weighted by molar-refractivity contribution is 0.0422. The van der Waals surface area contributed by atoms with Crippen LogP contribution in [0.5, 0.6) is 0 Å². The number of nitrogens with zero attached hydrogens (tertiary/aromatic N) is 1. The van der Waals surface area contributed by atoms with Crippen LogP contribution in [0.3, 0.4) is 0 Å². The van der Waals surface area contributed by atoms with Gasteiger partial charge in [-0.3, -0.25) is 0 Å². The Bertz CT molecular complexity index is 724. The zero-order valence-corrected chi connectivity index (χ0v) is 30.2. The molecule has 0 amide bonds. The van der Waals surface area contributed by atoms with Crippen molar-refractivity contribution >= 4 is 6.16 Å². The van der Waals surface area contributed by atoms with Gasteiger partial charge in [-0.05, 0) is 117 Å². The summed E-state index contributed by atoms with van der Waals surface area (Å²) < 4.78 is 5.20. The van der Waals surface area contributed by atoms with Crippen molar-refractivity contribution in [2.45, 2.75) is 186 Å². The van der Waals surface area contributed by atoms with Crippen molar-refractivity contribution in [3.05, 3.63) is 48.6 Å². The molecule has 0 aliphatic heterocycles. The summed E-state index contributed by atoms with van der Waals surface area (Å²) >= 11 is 0. The van der Waals surface area contributed by atoms with Crippen molar-refractivity contribution in [3.63, 3.8) is 0 Å². The Kier molecular flexibility index (Phi) is 35.2. The highest BCUT2D eigenvalue weighted by atomic mass is 16.7. The van der Waals surface area contributed by atoms with Crippen LogP contribution < -0.4 is 0 Å². The van der Waals surface area contributed by atoms with E-state index in [0.717, 1.165) is 38.5 Å². The van der Waals surface area contributed by atoms with E-state index in [4.69, 9.17) is 9.84 Å². The molecule has 0 saturated heterocycles. The average molecular weight is 630 g/mol. The molecule has 4 heteroatoms. The second-order valence-electron chi connectivity index (χ2n) is 13.3. The molecule has 262 valence electrons. The minimum atomic E-state index is -1.12. The van der Waals surface area contributed by atoms with Crippen LogP contribution in [0.25, 0.3) is 0 Å². The molecule has 0 spiro atoms. The number of carbonyl (C=O) groups is 1. The summed E-state index contributed by atoms with van der Waals surface area (Å²) in [5, 5.41) is 9.14. The zero-order valence-electron chi connectivity index (χ0n) is 30.2. The first kappa shape index (κ1) is 43.2. The van der Waals surface area contributed by atoms with Gasteiger partial charge in [-0.1, -0.05) is 133 Å². The zero-order chi connectivity index (χ0) is 32.9. The van der Waals surface area contributed by atoms with Gasteiger partial charge in [-0.2, -0.15) is 0 Å². The van der Waals surface area contributed by atoms with Gasteiger partial charge in [0.2, 0.25) is 0 Å². The summed E-state index contributed by atoms with van der Waals surface area (Å²) in [6.07, 6.45) is 50.0. The molecule has 0 fully saturated rings. The quantitative estimate of drug-likeness (QED) is 0.0437. The number of ether oxygens (including phenoxy) is 1. The average Bonchev–Trinajstić information content (AvgIpc) is 3.01. The first-order valence-electron chi connectivity index (χ1n) is 19.2. The fraction of sp³-hybridized carbons (Fsp3) is 0.780. The van der Waals surface area contributed by atoms with Crippen molar-refractivity contribution in [2.75, 3.05) is 20.6 Å². The normalized spacial score (nSPS) is 13.0. The van der Waals surface area contributed by atoms with Crippen LogP contribution in [-0.2, 0) is 4.74 Å². The molecule has 4 nitrogen and oxygen atoms in total. The molecule has 0 aromatic heterocycles. The van der Waals surface area contributed by atoms with E-state index < -0.39 is 6.16 Å². The third-order valence-corrected chi connectivity index (χ3v) is 8.47. The van der Waals surface area contributed by atoms with E-state index in [1.807, 2.05) is 0 Å². The predicted molar refractivity (Wildman–Crippen MR) is 198 cm³/mol. The number of allylic oxidation sites excluding steroid dienone is 8. The highest BCUT2D eigenvalue weighted by molar-refractivity contribution is 5.57. The van der Waals surface area contributed by atoms with Crippen LogP contribution in [0.15, 0.2) is 48.6 Å². The van der Waals surface area contributed by atoms with Crippen molar-refractivity contribution in [1.29, 1.82) is 0 Å². The fourth-order valence-corrected chi connectivity index (χ4v) is 5.66. The molecule has 0 rings (SSSR count). The van der Waals surface area contributed by atoms with Crippen molar-refractivity contribution in [3.8, 4) is 0 Å². The highest BCUT2D eigenvalue weighted by Gasteiger charge is 2.13. The van der Waals surface area contributed by atoms with Gasteiger partial charge in [-0.15, -0.1) is 0 Å². The molecule has 0 aliphatic rings. The van der Waals surface area contributed by atoms with Gasteiger partial charge in [0.25, 0.3) is 0 Å². The van der Waals surface area contributed by atoms with E-state index >= 15 is 0 Å². The van der Waals surface area contributed by atoms with Crippen LogP contribution in [0.1, 0.15) is 180 Å². The van der Waals surface area contributed by atoms with Gasteiger partial charge >= 0.3 is 6.16 Å². The van der Waals surface area contributed by atoms with Gasteiger partial charge < -0.3 is 14.7 Å². The van der Waals surface area contributed by atoms with Gasteiger partial charge in [0.1, 0.15) is 6.10 Å². The van der Waals surface area contributed by atoms with Gasteiger partial charge in [0.05, 0.1) is 0 Å². The first-order valence-corrected chi connectivity index (χ1v) is 19.2. The van der Waals surface area contributed by atoms with E-state index in [1.165, 1.54) is 141 Å². The molecular formula is C41H75NO3. The standard InChI is InChI=1S/C41H75NO3/c1-4-5-6-7-8-9-10-11-16-19-22-25-28-31-34-37-40(45-41(43)44)38-35-32-29-26-23-20-17-14-12-13-15-18-21-24-27-30-33-36-39-42(2)3/h8-9,11,13-17,40H,4-7,10,12,18-39H2,1-3H3,(H,43,44). The third-order valence-electron chi connectivity index (χ3n) is 8.47. The second kappa shape index (κ2) is 36.7. The second-order valence-corrected chi connectivity index (χ2v) is 13.3. The lowest BCUT2D eigenvalue weighted by Crippen LogP contribution is -2.16. The number of carboxylic acid groups (broad SMARTS) is 1. The number of rotatable bonds is 34. The van der Waals surface area contributed by atoms with Crippen molar-refractivity contribution < 1.29 is 14.6 Å². The summed E-state index contributed by atoms with van der Waals surface area (Å²) in [7, 11) is 4.31. The van der Waals surface area contributed by atoms with E-state index in [1.54, 1.807) is 0 Å². The molecule has 0 saturated carbocycles. The predicted octanol–water partition coefficient (Wildman–Crippen LogP) is 13.4.